The number of halogens is 1. The van der Waals surface area contributed by atoms with Crippen molar-refractivity contribution in [3.8, 4) is 5.75 Å². The molecule has 0 unspecified atom stereocenters. The molecule has 1 saturated heterocycles. The normalized spacial score (nSPS) is 18.2. The van der Waals surface area contributed by atoms with Gasteiger partial charge < -0.3 is 4.74 Å². The Hall–Kier alpha value is -2.44. The van der Waals surface area contributed by atoms with Gasteiger partial charge in [-0.1, -0.05) is 54.3 Å². The minimum atomic E-state index is -0.478. The van der Waals surface area contributed by atoms with E-state index in [-0.39, 0.29) is 11.6 Å². The second kappa shape index (κ2) is 6.46. The fourth-order valence-corrected chi connectivity index (χ4v) is 3.99. The highest BCUT2D eigenvalue weighted by atomic mass is 32.2. The summed E-state index contributed by atoms with van der Waals surface area (Å²) in [6.45, 7) is 0.376. The maximum absolute atomic E-state index is 14.0. The number of thioether (sulfide) groups is 1. The molecule has 2 aliphatic rings. The molecule has 25 heavy (non-hydrogen) atoms. The van der Waals surface area contributed by atoms with Crippen LogP contribution in [-0.4, -0.2) is 16.8 Å². The Bertz CT molecular complexity index is 952. The van der Waals surface area contributed by atoms with E-state index in [2.05, 4.69) is 0 Å². The van der Waals surface area contributed by atoms with Crippen molar-refractivity contribution in [2.24, 2.45) is 0 Å². The monoisotopic (exact) mass is 369 g/mol. The summed E-state index contributed by atoms with van der Waals surface area (Å²) in [5.41, 5.74) is 2.00. The second-order valence-corrected chi connectivity index (χ2v) is 7.19. The van der Waals surface area contributed by atoms with Crippen LogP contribution in [0.15, 0.2) is 65.1 Å². The molecular weight excluding hydrogens is 357 g/mol. The number of rotatable bonds is 2. The van der Waals surface area contributed by atoms with Gasteiger partial charge in [-0.3, -0.25) is 9.69 Å². The van der Waals surface area contributed by atoms with Crippen LogP contribution in [0.3, 0.4) is 0 Å². The number of amides is 1. The summed E-state index contributed by atoms with van der Waals surface area (Å²) in [4.78, 5) is 14.4. The molecule has 3 nitrogen and oxygen atoms in total. The molecule has 0 radical (unpaired) electrons. The first-order valence-electron chi connectivity index (χ1n) is 7.58. The van der Waals surface area contributed by atoms with Crippen LogP contribution in [0.25, 0.3) is 6.08 Å². The summed E-state index contributed by atoms with van der Waals surface area (Å²) in [6, 6.07) is 13.8. The maximum atomic E-state index is 14.0. The molecule has 2 heterocycles. The van der Waals surface area contributed by atoms with Crippen molar-refractivity contribution in [3.63, 3.8) is 0 Å². The third-order valence-electron chi connectivity index (χ3n) is 3.86. The first kappa shape index (κ1) is 16.1. The standard InChI is InChI=1S/C19H12FNO2S2/c20-14-6-2-3-7-15(14)21-18(22)17(25-19(21)24)10-12-9-13-5-1-4-8-16(13)23-11-12/h1-10H,11H2/b17-10-. The Morgan fingerprint density at radius 2 is 1.92 bits per heavy atom. The van der Waals surface area contributed by atoms with Crippen molar-refractivity contribution in [3.05, 3.63) is 76.5 Å². The van der Waals surface area contributed by atoms with Crippen LogP contribution < -0.4 is 9.64 Å². The Kier molecular flexibility index (Phi) is 4.15. The number of ether oxygens (including phenoxy) is 1. The molecule has 4 rings (SSSR count). The van der Waals surface area contributed by atoms with E-state index in [0.717, 1.165) is 16.9 Å². The number of anilines is 1. The Balaban J connectivity index is 1.66. The molecule has 1 amide bonds. The molecule has 0 bridgehead atoms. The maximum Gasteiger partial charge on any atom is 0.270 e. The van der Waals surface area contributed by atoms with Crippen LogP contribution in [0.2, 0.25) is 0 Å². The van der Waals surface area contributed by atoms with Crippen molar-refractivity contribution in [1.82, 2.24) is 0 Å². The predicted molar refractivity (Wildman–Crippen MR) is 102 cm³/mol. The first-order valence-corrected chi connectivity index (χ1v) is 8.81. The summed E-state index contributed by atoms with van der Waals surface area (Å²) in [5.74, 6) is 0.0209. The summed E-state index contributed by atoms with van der Waals surface area (Å²) < 4.78 is 20.0. The highest BCUT2D eigenvalue weighted by Crippen LogP contribution is 2.37. The Labute approximate surface area is 153 Å². The van der Waals surface area contributed by atoms with Gasteiger partial charge in [-0.25, -0.2) is 4.39 Å². The van der Waals surface area contributed by atoms with Crippen LogP contribution in [0.1, 0.15) is 5.56 Å². The van der Waals surface area contributed by atoms with Gasteiger partial charge in [0, 0.05) is 5.56 Å². The summed E-state index contributed by atoms with van der Waals surface area (Å²) in [5, 5.41) is 0. The molecule has 6 heteroatoms. The third-order valence-corrected chi connectivity index (χ3v) is 5.16. The van der Waals surface area contributed by atoms with E-state index in [1.165, 1.54) is 22.7 Å². The molecule has 1 fully saturated rings. The molecule has 2 aromatic rings. The number of hydrogen-bond acceptors (Lipinski definition) is 4. The zero-order valence-corrected chi connectivity index (χ0v) is 14.6. The van der Waals surface area contributed by atoms with Gasteiger partial charge in [0.05, 0.1) is 10.6 Å². The zero-order chi connectivity index (χ0) is 17.4. The summed E-state index contributed by atoms with van der Waals surface area (Å²) >= 11 is 6.44. The number of para-hydroxylation sites is 2. The van der Waals surface area contributed by atoms with Gasteiger partial charge in [0.1, 0.15) is 18.2 Å². The molecule has 124 valence electrons. The van der Waals surface area contributed by atoms with E-state index >= 15 is 0 Å². The summed E-state index contributed by atoms with van der Waals surface area (Å²) in [6.07, 6.45) is 3.74. The van der Waals surface area contributed by atoms with Gasteiger partial charge in [0.25, 0.3) is 5.91 Å². The molecule has 2 aromatic carbocycles. The van der Waals surface area contributed by atoms with E-state index in [4.69, 9.17) is 17.0 Å². The number of nitrogens with zero attached hydrogens (tertiary/aromatic N) is 1. The molecule has 0 saturated carbocycles. The molecule has 0 aliphatic carbocycles. The smallest absolute Gasteiger partial charge is 0.270 e. The minimum absolute atomic E-state index is 0.174. The number of fused-ring (bicyclic) bond motifs is 1. The lowest BCUT2D eigenvalue weighted by molar-refractivity contribution is -0.113. The van der Waals surface area contributed by atoms with Crippen LogP contribution >= 0.6 is 24.0 Å². The van der Waals surface area contributed by atoms with Gasteiger partial charge in [0.15, 0.2) is 4.32 Å². The van der Waals surface area contributed by atoms with Crippen molar-refractivity contribution < 1.29 is 13.9 Å². The van der Waals surface area contributed by atoms with Crippen molar-refractivity contribution in [1.29, 1.82) is 0 Å². The van der Waals surface area contributed by atoms with E-state index in [1.807, 2.05) is 30.3 Å². The SMILES string of the molecule is O=C1/C(=C/C2=Cc3ccccc3OC2)SC(=S)N1c1ccccc1F. The van der Waals surface area contributed by atoms with Gasteiger partial charge in [0.2, 0.25) is 0 Å². The molecule has 0 spiro atoms. The van der Waals surface area contributed by atoms with Crippen molar-refractivity contribution in [2.75, 3.05) is 11.5 Å². The van der Waals surface area contributed by atoms with Crippen LogP contribution in [0, 0.1) is 5.82 Å². The van der Waals surface area contributed by atoms with E-state index in [9.17, 15) is 9.18 Å². The lowest BCUT2D eigenvalue weighted by Crippen LogP contribution is -2.28. The van der Waals surface area contributed by atoms with Gasteiger partial charge in [-0.15, -0.1) is 0 Å². The van der Waals surface area contributed by atoms with E-state index in [1.54, 1.807) is 24.3 Å². The largest absolute Gasteiger partial charge is 0.488 e. The predicted octanol–water partition coefficient (Wildman–Crippen LogP) is 4.55. The van der Waals surface area contributed by atoms with E-state index in [0.29, 0.717) is 15.8 Å². The fourth-order valence-electron chi connectivity index (χ4n) is 2.69. The number of thiocarbonyl (C=S) groups is 1. The Morgan fingerprint density at radius 1 is 1.16 bits per heavy atom. The topological polar surface area (TPSA) is 29.5 Å². The number of carbonyl (C=O) groups excluding carboxylic acids is 1. The molecular formula is C19H12FNO2S2. The zero-order valence-electron chi connectivity index (χ0n) is 12.9. The Morgan fingerprint density at radius 3 is 2.76 bits per heavy atom. The van der Waals surface area contributed by atoms with Crippen molar-refractivity contribution >= 4 is 46.0 Å². The van der Waals surface area contributed by atoms with E-state index < -0.39 is 5.82 Å². The lowest BCUT2D eigenvalue weighted by atomic mass is 10.1. The fraction of sp³-hybridized carbons (Fsp3) is 0.0526. The quantitative estimate of drug-likeness (QED) is 0.574. The molecule has 0 atom stereocenters. The number of carbonyl (C=O) groups is 1. The van der Waals surface area contributed by atoms with Crippen LogP contribution in [-0.2, 0) is 4.79 Å². The lowest BCUT2D eigenvalue weighted by Gasteiger charge is -2.16. The first-order chi connectivity index (χ1) is 12.1. The second-order valence-electron chi connectivity index (χ2n) is 5.51. The highest BCUT2D eigenvalue weighted by Gasteiger charge is 2.34. The minimum Gasteiger partial charge on any atom is -0.488 e. The average Bonchev–Trinajstić information content (AvgIpc) is 2.89. The number of benzene rings is 2. The van der Waals surface area contributed by atoms with Gasteiger partial charge in [-0.2, -0.15) is 0 Å². The van der Waals surface area contributed by atoms with Crippen LogP contribution in [0.5, 0.6) is 5.75 Å². The van der Waals surface area contributed by atoms with Crippen LogP contribution in [0.4, 0.5) is 10.1 Å². The molecule has 2 aliphatic heterocycles. The van der Waals surface area contributed by atoms with Crippen molar-refractivity contribution in [2.45, 2.75) is 0 Å². The highest BCUT2D eigenvalue weighted by molar-refractivity contribution is 8.27. The summed E-state index contributed by atoms with van der Waals surface area (Å²) in [7, 11) is 0. The average molecular weight is 369 g/mol. The molecule has 0 N–H and O–H groups in total. The number of hydrogen-bond donors (Lipinski definition) is 0. The third kappa shape index (κ3) is 2.99. The van der Waals surface area contributed by atoms with Gasteiger partial charge in [-0.05, 0) is 35.9 Å². The molecule has 0 aromatic heterocycles. The van der Waals surface area contributed by atoms with Gasteiger partial charge >= 0.3 is 0 Å².